The number of aryl methyl sites for hydroxylation is 1. The lowest BCUT2D eigenvalue weighted by atomic mass is 10.2. The van der Waals surface area contributed by atoms with Gasteiger partial charge in [-0.3, -0.25) is 19.8 Å². The third-order valence-corrected chi connectivity index (χ3v) is 6.41. The summed E-state index contributed by atoms with van der Waals surface area (Å²) >= 11 is 1.41. The Kier molecular flexibility index (Phi) is 6.70. The first-order valence-electron chi connectivity index (χ1n) is 10.6. The molecule has 2 aliphatic heterocycles. The number of anilines is 1. The Morgan fingerprint density at radius 1 is 1.19 bits per heavy atom. The van der Waals surface area contributed by atoms with Crippen molar-refractivity contribution in [2.24, 2.45) is 0 Å². The number of amides is 3. The third kappa shape index (κ3) is 5.07. The van der Waals surface area contributed by atoms with Crippen LogP contribution < -0.4 is 5.32 Å². The van der Waals surface area contributed by atoms with E-state index in [0.717, 1.165) is 17.1 Å². The van der Waals surface area contributed by atoms with Crippen LogP contribution in [0, 0.1) is 6.92 Å². The van der Waals surface area contributed by atoms with Crippen LogP contribution in [0.15, 0.2) is 10.6 Å². The number of rotatable bonds is 5. The number of hydrogen-bond acceptors (Lipinski definition) is 9. The van der Waals surface area contributed by atoms with Gasteiger partial charge in [-0.15, -0.1) is 11.3 Å². The maximum atomic E-state index is 12.8. The summed E-state index contributed by atoms with van der Waals surface area (Å²) in [5, 5.41) is 7.00. The van der Waals surface area contributed by atoms with Crippen LogP contribution in [0.5, 0.6) is 0 Å². The first kappa shape index (κ1) is 22.2. The molecule has 0 atom stereocenters. The van der Waals surface area contributed by atoms with Gasteiger partial charge < -0.3 is 19.1 Å². The van der Waals surface area contributed by atoms with E-state index in [9.17, 15) is 14.4 Å². The highest BCUT2D eigenvalue weighted by molar-refractivity contribution is 7.15. The van der Waals surface area contributed by atoms with Gasteiger partial charge in [-0.05, 0) is 13.8 Å². The molecule has 4 heterocycles. The van der Waals surface area contributed by atoms with Crippen molar-refractivity contribution < 1.29 is 23.6 Å². The lowest BCUT2D eigenvalue weighted by Gasteiger charge is -2.35. The van der Waals surface area contributed by atoms with Crippen LogP contribution in [0.2, 0.25) is 0 Å². The summed E-state index contributed by atoms with van der Waals surface area (Å²) in [6, 6.07) is 1.57. The van der Waals surface area contributed by atoms with Crippen LogP contribution in [0.25, 0.3) is 0 Å². The highest BCUT2D eigenvalue weighted by Gasteiger charge is 2.28. The van der Waals surface area contributed by atoms with Crippen LogP contribution in [0.1, 0.15) is 33.7 Å². The first-order chi connectivity index (χ1) is 15.4. The number of fused-ring (bicyclic) bond motifs is 1. The zero-order chi connectivity index (χ0) is 22.7. The normalized spacial score (nSPS) is 16.6. The van der Waals surface area contributed by atoms with Gasteiger partial charge in [0.15, 0.2) is 10.8 Å². The van der Waals surface area contributed by atoms with Gasteiger partial charge in [0, 0.05) is 56.6 Å². The van der Waals surface area contributed by atoms with E-state index in [2.05, 4.69) is 20.4 Å². The van der Waals surface area contributed by atoms with Crippen molar-refractivity contribution in [1.82, 2.24) is 24.8 Å². The van der Waals surface area contributed by atoms with Gasteiger partial charge in [0.25, 0.3) is 5.91 Å². The van der Waals surface area contributed by atoms with Crippen LogP contribution in [0.4, 0.5) is 9.93 Å². The zero-order valence-electron chi connectivity index (χ0n) is 18.1. The molecule has 32 heavy (non-hydrogen) atoms. The lowest BCUT2D eigenvalue weighted by molar-refractivity contribution is -0.134. The second-order valence-corrected chi connectivity index (χ2v) is 8.78. The van der Waals surface area contributed by atoms with Crippen LogP contribution in [-0.4, -0.2) is 88.6 Å². The molecule has 0 bridgehead atoms. The average molecular weight is 463 g/mol. The molecule has 0 radical (unpaired) electrons. The molecule has 1 fully saturated rings. The number of carbonyl (C=O) groups excluding carboxylic acids is 3. The van der Waals surface area contributed by atoms with Crippen LogP contribution >= 0.6 is 11.3 Å². The molecule has 0 aliphatic carbocycles. The Balaban J connectivity index is 1.28. The minimum absolute atomic E-state index is 0.0522. The van der Waals surface area contributed by atoms with Gasteiger partial charge in [0.2, 0.25) is 5.91 Å². The van der Waals surface area contributed by atoms with E-state index in [-0.39, 0.29) is 23.6 Å². The maximum absolute atomic E-state index is 12.8. The summed E-state index contributed by atoms with van der Waals surface area (Å²) in [6.45, 7) is 7.48. The smallest absolute Gasteiger partial charge is 0.409 e. The van der Waals surface area contributed by atoms with Crippen molar-refractivity contribution in [3.8, 4) is 0 Å². The minimum atomic E-state index is -0.359. The Bertz CT molecular complexity index is 997. The molecule has 172 valence electrons. The highest BCUT2D eigenvalue weighted by atomic mass is 32.1. The number of ether oxygens (including phenoxy) is 1. The number of hydrogen-bond donors (Lipinski definition) is 1. The summed E-state index contributed by atoms with van der Waals surface area (Å²) in [4.78, 5) is 47.9. The van der Waals surface area contributed by atoms with Crippen molar-refractivity contribution >= 4 is 34.4 Å². The zero-order valence-corrected chi connectivity index (χ0v) is 18.9. The molecule has 3 amide bonds. The molecule has 1 N–H and O–H groups in total. The van der Waals surface area contributed by atoms with E-state index in [0.29, 0.717) is 63.2 Å². The molecule has 2 aromatic rings. The first-order valence-corrected chi connectivity index (χ1v) is 11.4. The molecule has 2 aromatic heterocycles. The lowest BCUT2D eigenvalue weighted by Crippen LogP contribution is -2.53. The molecular formula is C20H26N6O5S. The number of nitrogens with one attached hydrogen (secondary N) is 1. The van der Waals surface area contributed by atoms with Gasteiger partial charge in [-0.2, -0.15) is 0 Å². The number of nitrogens with zero attached hydrogens (tertiary/aromatic N) is 5. The van der Waals surface area contributed by atoms with Crippen molar-refractivity contribution in [2.45, 2.75) is 26.8 Å². The number of thiazole rings is 1. The summed E-state index contributed by atoms with van der Waals surface area (Å²) in [5.41, 5.74) is 1.17. The summed E-state index contributed by atoms with van der Waals surface area (Å²) in [5.74, 6) is 0.259. The van der Waals surface area contributed by atoms with E-state index >= 15 is 0 Å². The monoisotopic (exact) mass is 462 g/mol. The van der Waals surface area contributed by atoms with E-state index in [4.69, 9.17) is 9.26 Å². The maximum Gasteiger partial charge on any atom is 0.409 e. The van der Waals surface area contributed by atoms with Gasteiger partial charge in [0.1, 0.15) is 5.76 Å². The van der Waals surface area contributed by atoms with Crippen molar-refractivity contribution in [3.63, 3.8) is 0 Å². The molecule has 1 saturated heterocycles. The summed E-state index contributed by atoms with van der Waals surface area (Å²) in [6.07, 6.45) is 0.393. The topological polar surface area (TPSA) is 121 Å². The minimum Gasteiger partial charge on any atom is -0.450 e. The van der Waals surface area contributed by atoms with Crippen LogP contribution in [-0.2, 0) is 22.5 Å². The molecule has 0 spiro atoms. The average Bonchev–Trinajstić information content (AvgIpc) is 3.39. The van der Waals surface area contributed by atoms with E-state index < -0.39 is 0 Å². The number of piperazine rings is 1. The molecule has 2 aliphatic rings. The Morgan fingerprint density at radius 2 is 1.94 bits per heavy atom. The fourth-order valence-corrected chi connectivity index (χ4v) is 4.76. The molecule has 4 rings (SSSR count). The predicted octanol–water partition coefficient (Wildman–Crippen LogP) is 1.35. The van der Waals surface area contributed by atoms with Crippen LogP contribution in [0.3, 0.4) is 0 Å². The largest absolute Gasteiger partial charge is 0.450 e. The second kappa shape index (κ2) is 9.65. The summed E-state index contributed by atoms with van der Waals surface area (Å²) in [7, 11) is 0. The van der Waals surface area contributed by atoms with Gasteiger partial charge >= 0.3 is 6.09 Å². The van der Waals surface area contributed by atoms with Crippen molar-refractivity contribution in [1.29, 1.82) is 0 Å². The van der Waals surface area contributed by atoms with E-state index in [1.807, 2.05) is 0 Å². The fraction of sp³-hybridized carbons (Fsp3) is 0.550. The molecule has 0 aromatic carbocycles. The molecular weight excluding hydrogens is 436 g/mol. The Hall–Kier alpha value is -2.99. The molecule has 0 unspecified atom stereocenters. The fourth-order valence-electron chi connectivity index (χ4n) is 3.72. The van der Waals surface area contributed by atoms with Gasteiger partial charge in [-0.1, -0.05) is 5.16 Å². The number of aromatic nitrogens is 2. The number of carbonyl (C=O) groups is 3. The van der Waals surface area contributed by atoms with Crippen molar-refractivity contribution in [2.75, 3.05) is 51.2 Å². The van der Waals surface area contributed by atoms with Gasteiger partial charge in [0.05, 0.1) is 18.8 Å². The Morgan fingerprint density at radius 3 is 2.62 bits per heavy atom. The van der Waals surface area contributed by atoms with Gasteiger partial charge in [-0.25, -0.2) is 9.78 Å². The third-order valence-electron chi connectivity index (χ3n) is 5.41. The summed E-state index contributed by atoms with van der Waals surface area (Å²) < 4.78 is 9.96. The predicted molar refractivity (Wildman–Crippen MR) is 115 cm³/mol. The quantitative estimate of drug-likeness (QED) is 0.707. The highest BCUT2D eigenvalue weighted by Crippen LogP contribution is 2.28. The SMILES string of the molecule is CCOC(=O)N1CCN(C(=O)CN2CCc3nc(NC(=O)c4cc(C)on4)sc3C2)CC1. The molecule has 12 heteroatoms. The standard InChI is InChI=1S/C20H26N6O5S/c1-3-30-20(29)26-8-6-25(7-9-26)17(27)12-24-5-4-14-16(11-24)32-19(21-14)22-18(28)15-10-13(2)31-23-15/h10H,3-9,11-12H2,1-2H3,(H,21,22,28). The van der Waals surface area contributed by atoms with E-state index in [1.165, 1.54) is 11.3 Å². The second-order valence-electron chi connectivity index (χ2n) is 7.69. The van der Waals surface area contributed by atoms with E-state index in [1.54, 1.807) is 29.7 Å². The molecule has 11 nitrogen and oxygen atoms in total. The molecule has 0 saturated carbocycles. The Labute approximate surface area is 189 Å². The van der Waals surface area contributed by atoms with Crippen molar-refractivity contribution in [3.05, 3.63) is 28.1 Å².